The molecule has 0 saturated carbocycles. The van der Waals surface area contributed by atoms with Crippen LogP contribution >= 0.6 is 0 Å². The predicted octanol–water partition coefficient (Wildman–Crippen LogP) is 1.36. The Labute approximate surface area is 135 Å². The smallest absolute Gasteiger partial charge is 0.251 e. The highest BCUT2D eigenvalue weighted by Gasteiger charge is 2.16. The number of carbonyl (C=O) groups excluding carboxylic acids is 1. The lowest BCUT2D eigenvalue weighted by Crippen LogP contribution is -2.35. The number of methoxy groups -OCH3 is 1. The minimum absolute atomic E-state index is 0.0159. The molecule has 6 heteroatoms. The number of aromatic nitrogens is 1. The van der Waals surface area contributed by atoms with Crippen LogP contribution in [0.15, 0.2) is 48.8 Å². The van der Waals surface area contributed by atoms with E-state index in [4.69, 9.17) is 4.74 Å². The number of nitrogens with zero attached hydrogens (tertiary/aromatic N) is 2. The van der Waals surface area contributed by atoms with E-state index in [9.17, 15) is 10.0 Å². The van der Waals surface area contributed by atoms with E-state index in [0.29, 0.717) is 16.8 Å². The van der Waals surface area contributed by atoms with Crippen molar-refractivity contribution in [1.82, 2.24) is 10.2 Å². The van der Waals surface area contributed by atoms with Crippen molar-refractivity contribution >= 4 is 5.91 Å². The van der Waals surface area contributed by atoms with Gasteiger partial charge in [-0.05, 0) is 31.8 Å². The van der Waals surface area contributed by atoms with E-state index in [-0.39, 0.29) is 11.9 Å². The molecule has 0 aliphatic rings. The fourth-order valence-corrected chi connectivity index (χ4v) is 2.30. The molecule has 0 spiro atoms. The summed E-state index contributed by atoms with van der Waals surface area (Å²) in [6.07, 6.45) is 2.61. The van der Waals surface area contributed by atoms with Gasteiger partial charge < -0.3 is 20.2 Å². The third-order valence-electron chi connectivity index (χ3n) is 3.62. The first-order valence-electron chi connectivity index (χ1n) is 7.28. The summed E-state index contributed by atoms with van der Waals surface area (Å²) in [5.41, 5.74) is 1.51. The number of ether oxygens (including phenoxy) is 1. The number of likely N-dealkylation sites (N-methyl/N-ethyl adjacent to an activating group) is 1. The summed E-state index contributed by atoms with van der Waals surface area (Å²) in [7, 11) is 5.54. The molecular weight excluding hydrogens is 294 g/mol. The van der Waals surface area contributed by atoms with E-state index in [1.54, 1.807) is 7.11 Å². The van der Waals surface area contributed by atoms with E-state index < -0.39 is 0 Å². The highest BCUT2D eigenvalue weighted by atomic mass is 16.5. The van der Waals surface area contributed by atoms with Crippen molar-refractivity contribution in [3.63, 3.8) is 0 Å². The van der Waals surface area contributed by atoms with Gasteiger partial charge >= 0.3 is 0 Å². The minimum atomic E-state index is -0.208. The molecule has 122 valence electrons. The highest BCUT2D eigenvalue weighted by Crippen LogP contribution is 2.22. The summed E-state index contributed by atoms with van der Waals surface area (Å²) in [4.78, 5) is 14.2. The van der Waals surface area contributed by atoms with Crippen LogP contribution in [-0.2, 0) is 0 Å². The predicted molar refractivity (Wildman–Crippen MR) is 87.2 cm³/mol. The number of hydrogen-bond donors (Lipinski definition) is 1. The molecule has 0 fully saturated rings. The average Bonchev–Trinajstić information content (AvgIpc) is 2.55. The standard InChI is InChI=1S/C17H21N3O3/c1-19(2)16(14-5-4-6-15(11-14)23-3)12-18-17(21)13-7-9-20(22)10-8-13/h4-11,16H,12H2,1-3H3,(H,18,21). The number of amides is 1. The second-order valence-corrected chi connectivity index (χ2v) is 5.41. The van der Waals surface area contributed by atoms with Gasteiger partial charge in [0.15, 0.2) is 12.4 Å². The van der Waals surface area contributed by atoms with Crippen molar-refractivity contribution in [1.29, 1.82) is 0 Å². The van der Waals surface area contributed by atoms with Gasteiger partial charge in [0.25, 0.3) is 5.91 Å². The molecule has 0 bridgehead atoms. The molecule has 1 N–H and O–H groups in total. The first-order valence-corrected chi connectivity index (χ1v) is 7.28. The van der Waals surface area contributed by atoms with E-state index in [0.717, 1.165) is 11.3 Å². The van der Waals surface area contributed by atoms with Gasteiger partial charge in [-0.1, -0.05) is 12.1 Å². The van der Waals surface area contributed by atoms with Crippen LogP contribution < -0.4 is 14.8 Å². The van der Waals surface area contributed by atoms with Crippen LogP contribution in [-0.4, -0.2) is 38.6 Å². The second kappa shape index (κ2) is 7.60. The molecule has 6 nitrogen and oxygen atoms in total. The summed E-state index contributed by atoms with van der Waals surface area (Å²) in [5.74, 6) is 0.573. The topological polar surface area (TPSA) is 68.5 Å². The number of hydrogen-bond acceptors (Lipinski definition) is 4. The Balaban J connectivity index is 2.07. The van der Waals surface area contributed by atoms with Crippen molar-refractivity contribution in [2.45, 2.75) is 6.04 Å². The summed E-state index contributed by atoms with van der Waals surface area (Å²) >= 11 is 0. The van der Waals surface area contributed by atoms with E-state index in [1.807, 2.05) is 43.3 Å². The maximum Gasteiger partial charge on any atom is 0.251 e. The molecule has 0 radical (unpaired) electrons. The first-order chi connectivity index (χ1) is 11.0. The van der Waals surface area contributed by atoms with Gasteiger partial charge in [-0.3, -0.25) is 4.79 Å². The van der Waals surface area contributed by atoms with Crippen molar-refractivity contribution in [2.75, 3.05) is 27.7 Å². The Bertz CT molecular complexity index is 656. The molecule has 23 heavy (non-hydrogen) atoms. The zero-order valence-electron chi connectivity index (χ0n) is 13.5. The molecule has 1 aromatic carbocycles. The summed E-state index contributed by atoms with van der Waals surface area (Å²) < 4.78 is 5.90. The third kappa shape index (κ3) is 4.43. The summed E-state index contributed by atoms with van der Waals surface area (Å²) in [6.45, 7) is 0.450. The van der Waals surface area contributed by atoms with Crippen LogP contribution in [0.3, 0.4) is 0 Å². The maximum atomic E-state index is 12.2. The fourth-order valence-electron chi connectivity index (χ4n) is 2.30. The number of pyridine rings is 1. The van der Waals surface area contributed by atoms with E-state index >= 15 is 0 Å². The van der Waals surface area contributed by atoms with Crippen LogP contribution in [0.4, 0.5) is 0 Å². The normalized spacial score (nSPS) is 12.0. The largest absolute Gasteiger partial charge is 0.619 e. The van der Waals surface area contributed by atoms with Crippen LogP contribution in [0.5, 0.6) is 5.75 Å². The Kier molecular flexibility index (Phi) is 5.54. The number of carbonyl (C=O) groups is 1. The molecule has 2 aromatic rings. The lowest BCUT2D eigenvalue weighted by molar-refractivity contribution is -0.605. The highest BCUT2D eigenvalue weighted by molar-refractivity contribution is 5.93. The quantitative estimate of drug-likeness (QED) is 0.645. The lowest BCUT2D eigenvalue weighted by Gasteiger charge is -2.25. The van der Waals surface area contributed by atoms with Gasteiger partial charge in [0.05, 0.1) is 18.7 Å². The molecule has 0 aliphatic heterocycles. The molecule has 1 atom stereocenters. The third-order valence-corrected chi connectivity index (χ3v) is 3.62. The van der Waals surface area contributed by atoms with Crippen LogP contribution in [0, 0.1) is 5.21 Å². The monoisotopic (exact) mass is 315 g/mol. The van der Waals surface area contributed by atoms with E-state index in [1.165, 1.54) is 24.5 Å². The molecule has 1 amide bonds. The van der Waals surface area contributed by atoms with E-state index in [2.05, 4.69) is 5.32 Å². The first kappa shape index (κ1) is 16.8. The molecule has 1 aromatic heterocycles. The maximum absolute atomic E-state index is 12.2. The van der Waals surface area contributed by atoms with Gasteiger partial charge in [0.2, 0.25) is 0 Å². The minimum Gasteiger partial charge on any atom is -0.619 e. The van der Waals surface area contributed by atoms with Gasteiger partial charge in [0.1, 0.15) is 5.75 Å². The Morgan fingerprint density at radius 2 is 2.00 bits per heavy atom. The Morgan fingerprint density at radius 3 is 2.61 bits per heavy atom. The van der Waals surface area contributed by atoms with Gasteiger partial charge in [-0.15, -0.1) is 0 Å². The Hall–Kier alpha value is -2.60. The number of benzene rings is 1. The number of nitrogens with one attached hydrogen (secondary N) is 1. The van der Waals surface area contributed by atoms with Crippen LogP contribution in [0.2, 0.25) is 0 Å². The molecule has 1 heterocycles. The Morgan fingerprint density at radius 1 is 1.30 bits per heavy atom. The van der Waals surface area contributed by atoms with Gasteiger partial charge in [-0.25, -0.2) is 0 Å². The van der Waals surface area contributed by atoms with Crippen LogP contribution in [0.25, 0.3) is 0 Å². The molecule has 1 unspecified atom stereocenters. The SMILES string of the molecule is COc1cccc(C(CNC(=O)c2cc[n+]([O-])cc2)N(C)C)c1. The second-order valence-electron chi connectivity index (χ2n) is 5.41. The molecular formula is C17H21N3O3. The van der Waals surface area contributed by atoms with Gasteiger partial charge in [0, 0.05) is 18.7 Å². The van der Waals surface area contributed by atoms with Crippen molar-refractivity contribution in [3.8, 4) is 5.75 Å². The van der Waals surface area contributed by atoms with Crippen LogP contribution in [0.1, 0.15) is 22.0 Å². The van der Waals surface area contributed by atoms with Gasteiger partial charge in [-0.2, -0.15) is 4.73 Å². The summed E-state index contributed by atoms with van der Waals surface area (Å²) in [6, 6.07) is 10.8. The average molecular weight is 315 g/mol. The van der Waals surface area contributed by atoms with Crippen molar-refractivity contribution in [2.24, 2.45) is 0 Å². The zero-order valence-corrected chi connectivity index (χ0v) is 13.5. The number of rotatable bonds is 6. The fraction of sp³-hybridized carbons (Fsp3) is 0.294. The molecule has 0 aliphatic carbocycles. The lowest BCUT2D eigenvalue weighted by atomic mass is 10.1. The molecule has 0 saturated heterocycles. The van der Waals surface area contributed by atoms with Crippen molar-refractivity contribution < 1.29 is 14.3 Å². The summed E-state index contributed by atoms with van der Waals surface area (Å²) in [5, 5.41) is 13.9. The molecule has 2 rings (SSSR count). The van der Waals surface area contributed by atoms with Crippen molar-refractivity contribution in [3.05, 3.63) is 65.1 Å². The zero-order chi connectivity index (χ0) is 16.8.